The summed E-state index contributed by atoms with van der Waals surface area (Å²) in [5.41, 5.74) is 0. The van der Waals surface area contributed by atoms with Gasteiger partial charge in [0.2, 0.25) is 10.0 Å². The van der Waals surface area contributed by atoms with Gasteiger partial charge in [-0.25, -0.2) is 13.1 Å². The summed E-state index contributed by atoms with van der Waals surface area (Å²) in [6.07, 6.45) is 1.97. The Kier molecular flexibility index (Phi) is 6.28. The van der Waals surface area contributed by atoms with Crippen molar-refractivity contribution in [1.29, 1.82) is 0 Å². The van der Waals surface area contributed by atoms with E-state index in [9.17, 15) is 13.2 Å². The molecule has 0 aromatic carbocycles. The first-order valence-corrected chi connectivity index (χ1v) is 6.77. The minimum Gasteiger partial charge on any atom is -0.480 e. The van der Waals surface area contributed by atoms with E-state index in [0.29, 0.717) is 6.42 Å². The first-order chi connectivity index (χ1) is 7.28. The molecule has 1 unspecified atom stereocenters. The Morgan fingerprint density at radius 2 is 2.06 bits per heavy atom. The van der Waals surface area contributed by atoms with Crippen LogP contribution < -0.4 is 4.72 Å². The highest BCUT2D eigenvalue weighted by Gasteiger charge is 2.22. The van der Waals surface area contributed by atoms with Crippen LogP contribution in [0, 0.1) is 5.92 Å². The van der Waals surface area contributed by atoms with E-state index in [1.165, 1.54) is 6.08 Å². The van der Waals surface area contributed by atoms with Crippen LogP contribution >= 0.6 is 0 Å². The molecule has 0 aliphatic heterocycles. The van der Waals surface area contributed by atoms with Gasteiger partial charge in [0.25, 0.3) is 0 Å². The quantitative estimate of drug-likeness (QED) is 0.628. The van der Waals surface area contributed by atoms with Crippen molar-refractivity contribution in [3.05, 3.63) is 12.7 Å². The maximum Gasteiger partial charge on any atom is 0.322 e. The lowest BCUT2D eigenvalue weighted by atomic mass is 10.2. The second-order valence-corrected chi connectivity index (χ2v) is 5.91. The van der Waals surface area contributed by atoms with E-state index in [1.807, 2.05) is 13.8 Å². The largest absolute Gasteiger partial charge is 0.480 e. The van der Waals surface area contributed by atoms with Gasteiger partial charge in [-0.05, 0) is 18.8 Å². The Morgan fingerprint density at radius 1 is 1.50 bits per heavy atom. The Balaban J connectivity index is 4.41. The molecule has 0 heterocycles. The van der Waals surface area contributed by atoms with Crippen LogP contribution in [0.4, 0.5) is 0 Å². The first-order valence-electron chi connectivity index (χ1n) is 5.12. The van der Waals surface area contributed by atoms with Crippen LogP contribution in [0.1, 0.15) is 26.7 Å². The van der Waals surface area contributed by atoms with Crippen molar-refractivity contribution in [3.8, 4) is 0 Å². The molecule has 2 N–H and O–H groups in total. The van der Waals surface area contributed by atoms with Crippen molar-refractivity contribution >= 4 is 16.0 Å². The fraction of sp³-hybridized carbons (Fsp3) is 0.700. The fourth-order valence-electron chi connectivity index (χ4n) is 1.03. The highest BCUT2D eigenvalue weighted by atomic mass is 32.2. The molecule has 0 spiro atoms. The van der Waals surface area contributed by atoms with E-state index in [2.05, 4.69) is 11.3 Å². The van der Waals surface area contributed by atoms with Crippen LogP contribution in [0.25, 0.3) is 0 Å². The van der Waals surface area contributed by atoms with Crippen molar-refractivity contribution in [2.24, 2.45) is 5.92 Å². The molecule has 0 aromatic heterocycles. The van der Waals surface area contributed by atoms with Gasteiger partial charge >= 0.3 is 5.97 Å². The Morgan fingerprint density at radius 3 is 2.44 bits per heavy atom. The number of hydrogen-bond donors (Lipinski definition) is 2. The molecule has 0 amide bonds. The average molecular weight is 249 g/mol. The maximum absolute atomic E-state index is 11.5. The molecule has 1 atom stereocenters. The molecule has 0 aliphatic carbocycles. The lowest BCUT2D eigenvalue weighted by Gasteiger charge is -2.13. The Bertz CT molecular complexity index is 335. The zero-order valence-electron chi connectivity index (χ0n) is 9.64. The third-order valence-electron chi connectivity index (χ3n) is 1.99. The number of carboxylic acids is 1. The number of carboxylic acid groups (broad SMARTS) is 1. The van der Waals surface area contributed by atoms with Crippen LogP contribution in [0.15, 0.2) is 12.7 Å². The summed E-state index contributed by atoms with van der Waals surface area (Å²) in [6.45, 7) is 7.21. The topological polar surface area (TPSA) is 83.5 Å². The van der Waals surface area contributed by atoms with E-state index in [0.717, 1.165) is 0 Å². The predicted octanol–water partition coefficient (Wildman–Crippen LogP) is 0.981. The van der Waals surface area contributed by atoms with Crippen molar-refractivity contribution in [2.45, 2.75) is 32.7 Å². The van der Waals surface area contributed by atoms with E-state index < -0.39 is 22.0 Å². The second kappa shape index (κ2) is 6.65. The lowest BCUT2D eigenvalue weighted by Crippen LogP contribution is -2.41. The van der Waals surface area contributed by atoms with E-state index in [-0.39, 0.29) is 18.1 Å². The molecule has 0 bridgehead atoms. The van der Waals surface area contributed by atoms with E-state index in [1.54, 1.807) is 0 Å². The minimum absolute atomic E-state index is 0.0500. The summed E-state index contributed by atoms with van der Waals surface area (Å²) >= 11 is 0. The van der Waals surface area contributed by atoms with Crippen molar-refractivity contribution in [1.82, 2.24) is 4.72 Å². The van der Waals surface area contributed by atoms with Gasteiger partial charge in [-0.2, -0.15) is 0 Å². The molecule has 0 aromatic rings. The zero-order valence-corrected chi connectivity index (χ0v) is 10.5. The number of nitrogens with one attached hydrogen (secondary N) is 1. The Labute approximate surface area is 96.6 Å². The van der Waals surface area contributed by atoms with Crippen molar-refractivity contribution in [2.75, 3.05) is 5.75 Å². The molecule has 0 saturated heterocycles. The minimum atomic E-state index is -3.52. The summed E-state index contributed by atoms with van der Waals surface area (Å²) in [6, 6.07) is -1.12. The van der Waals surface area contributed by atoms with Gasteiger partial charge in [0.1, 0.15) is 6.04 Å². The smallest absolute Gasteiger partial charge is 0.322 e. The van der Waals surface area contributed by atoms with Gasteiger partial charge in [-0.3, -0.25) is 4.79 Å². The normalized spacial score (nSPS) is 13.7. The molecule has 94 valence electrons. The lowest BCUT2D eigenvalue weighted by molar-refractivity contribution is -0.138. The SMILES string of the molecule is C=CCC(NS(=O)(=O)CCC(C)C)C(=O)O. The van der Waals surface area contributed by atoms with Gasteiger partial charge in [0.15, 0.2) is 0 Å². The summed E-state index contributed by atoms with van der Waals surface area (Å²) in [4.78, 5) is 10.7. The number of aliphatic carboxylic acids is 1. The molecule has 0 saturated carbocycles. The van der Waals surface area contributed by atoms with Crippen LogP contribution in [0.5, 0.6) is 0 Å². The van der Waals surface area contributed by atoms with Crippen molar-refractivity contribution in [3.63, 3.8) is 0 Å². The van der Waals surface area contributed by atoms with Gasteiger partial charge in [-0.15, -0.1) is 6.58 Å². The summed E-state index contributed by atoms with van der Waals surface area (Å²) in [5.74, 6) is -0.974. The number of sulfonamides is 1. The van der Waals surface area contributed by atoms with E-state index >= 15 is 0 Å². The fourth-order valence-corrected chi connectivity index (χ4v) is 2.56. The molecule has 0 aliphatic rings. The molecule has 16 heavy (non-hydrogen) atoms. The van der Waals surface area contributed by atoms with Gasteiger partial charge in [0.05, 0.1) is 5.75 Å². The van der Waals surface area contributed by atoms with Crippen LogP contribution in [-0.4, -0.2) is 31.3 Å². The standard InChI is InChI=1S/C10H19NO4S/c1-4-5-9(10(12)13)11-16(14,15)7-6-8(2)3/h4,8-9,11H,1,5-7H2,2-3H3,(H,12,13). The molecule has 0 radical (unpaired) electrons. The van der Waals surface area contributed by atoms with Crippen molar-refractivity contribution < 1.29 is 18.3 Å². The third kappa shape index (κ3) is 6.58. The van der Waals surface area contributed by atoms with Gasteiger partial charge in [0, 0.05) is 0 Å². The number of rotatable bonds is 8. The monoisotopic (exact) mass is 249 g/mol. The van der Waals surface area contributed by atoms with Gasteiger partial charge < -0.3 is 5.11 Å². The van der Waals surface area contributed by atoms with E-state index in [4.69, 9.17) is 5.11 Å². The molecular weight excluding hydrogens is 230 g/mol. The summed E-state index contributed by atoms with van der Waals surface area (Å²) in [5, 5.41) is 8.77. The van der Waals surface area contributed by atoms with Crippen LogP contribution in [-0.2, 0) is 14.8 Å². The van der Waals surface area contributed by atoms with Crippen LogP contribution in [0.3, 0.4) is 0 Å². The molecule has 0 rings (SSSR count). The first kappa shape index (κ1) is 15.1. The number of carbonyl (C=O) groups is 1. The maximum atomic E-state index is 11.5. The molecular formula is C10H19NO4S. The zero-order chi connectivity index (χ0) is 12.8. The average Bonchev–Trinajstić information content (AvgIpc) is 2.14. The number of hydrogen-bond acceptors (Lipinski definition) is 3. The molecule has 5 nitrogen and oxygen atoms in total. The highest BCUT2D eigenvalue weighted by Crippen LogP contribution is 2.04. The third-order valence-corrected chi connectivity index (χ3v) is 3.40. The Hall–Kier alpha value is -0.880. The molecule has 6 heteroatoms. The van der Waals surface area contributed by atoms with Crippen LogP contribution in [0.2, 0.25) is 0 Å². The van der Waals surface area contributed by atoms with Gasteiger partial charge in [-0.1, -0.05) is 19.9 Å². The highest BCUT2D eigenvalue weighted by molar-refractivity contribution is 7.89. The predicted molar refractivity (Wildman–Crippen MR) is 62.6 cm³/mol. The second-order valence-electron chi connectivity index (χ2n) is 4.03. The molecule has 0 fully saturated rings. The summed E-state index contributed by atoms with van der Waals surface area (Å²) in [7, 11) is -3.52. The summed E-state index contributed by atoms with van der Waals surface area (Å²) < 4.78 is 25.2.